The van der Waals surface area contributed by atoms with Gasteiger partial charge in [0.2, 0.25) is 5.91 Å². The normalized spacial score (nSPS) is 13.5. The largest absolute Gasteiger partial charge is 0.460 e. The lowest BCUT2D eigenvalue weighted by Crippen LogP contribution is -2.49. The summed E-state index contributed by atoms with van der Waals surface area (Å²) in [5.41, 5.74) is 3.78. The summed E-state index contributed by atoms with van der Waals surface area (Å²) in [6.07, 6.45) is -0.921. The molecule has 0 saturated heterocycles. The van der Waals surface area contributed by atoms with E-state index < -0.39 is 23.7 Å². The minimum absolute atomic E-state index is 0.0939. The number of carbonyl (C=O) groups excluding carboxylic acids is 3. The van der Waals surface area contributed by atoms with Crippen molar-refractivity contribution in [1.82, 2.24) is 9.80 Å². The lowest BCUT2D eigenvalue weighted by atomic mass is 9.98. The van der Waals surface area contributed by atoms with E-state index in [0.29, 0.717) is 0 Å². The molecular formula is C26H32N2O5. The molecule has 0 heterocycles. The van der Waals surface area contributed by atoms with Gasteiger partial charge in [0.15, 0.2) is 0 Å². The van der Waals surface area contributed by atoms with Crippen LogP contribution in [0.1, 0.15) is 44.2 Å². The topological polar surface area (TPSA) is 76.2 Å². The van der Waals surface area contributed by atoms with Gasteiger partial charge in [0.1, 0.15) is 18.2 Å². The van der Waals surface area contributed by atoms with Gasteiger partial charge in [-0.2, -0.15) is 0 Å². The molecule has 1 atom stereocenters. The number of rotatable bonds is 6. The molecule has 7 nitrogen and oxygen atoms in total. The average Bonchev–Trinajstić information content (AvgIpc) is 3.07. The van der Waals surface area contributed by atoms with Gasteiger partial charge in [-0.15, -0.1) is 0 Å². The van der Waals surface area contributed by atoms with Crippen molar-refractivity contribution in [3.05, 3.63) is 59.7 Å². The Labute approximate surface area is 195 Å². The van der Waals surface area contributed by atoms with E-state index in [2.05, 4.69) is 12.1 Å². The third-order valence-electron chi connectivity index (χ3n) is 5.60. The van der Waals surface area contributed by atoms with E-state index in [1.54, 1.807) is 34.9 Å². The van der Waals surface area contributed by atoms with E-state index in [9.17, 15) is 14.4 Å². The highest BCUT2D eigenvalue weighted by Crippen LogP contribution is 2.44. The molecule has 0 radical (unpaired) electrons. The molecule has 2 aromatic carbocycles. The molecule has 0 fully saturated rings. The first kappa shape index (κ1) is 24.3. The first-order valence-corrected chi connectivity index (χ1v) is 11.0. The van der Waals surface area contributed by atoms with Crippen LogP contribution in [-0.4, -0.2) is 67.2 Å². The average molecular weight is 453 g/mol. The molecule has 2 amide bonds. The maximum absolute atomic E-state index is 12.9. The van der Waals surface area contributed by atoms with Crippen LogP contribution in [0.3, 0.4) is 0 Å². The highest BCUT2D eigenvalue weighted by molar-refractivity contribution is 5.89. The van der Waals surface area contributed by atoms with Crippen molar-refractivity contribution in [1.29, 1.82) is 0 Å². The molecule has 7 heteroatoms. The summed E-state index contributed by atoms with van der Waals surface area (Å²) in [5.74, 6) is -1.03. The standard InChI is InChI=1S/C26H32N2O5/c1-26(2,3)33-23(29)15-22(24(30)27(4)5)28(6)25(31)32-16-21-19-13-9-7-11-17(19)18-12-8-10-14-20(18)21/h7-14,21-22H,15-16H2,1-6H3. The van der Waals surface area contributed by atoms with E-state index in [-0.39, 0.29) is 24.9 Å². The van der Waals surface area contributed by atoms with E-state index in [1.165, 1.54) is 16.8 Å². The van der Waals surface area contributed by atoms with Crippen LogP contribution >= 0.6 is 0 Å². The van der Waals surface area contributed by atoms with Crippen molar-refractivity contribution in [3.63, 3.8) is 0 Å². The van der Waals surface area contributed by atoms with Crippen LogP contribution in [0.15, 0.2) is 48.5 Å². The molecule has 176 valence electrons. The Morgan fingerprint density at radius 1 is 0.909 bits per heavy atom. The van der Waals surface area contributed by atoms with Crippen LogP contribution in [-0.2, 0) is 19.1 Å². The molecule has 0 aliphatic heterocycles. The summed E-state index contributed by atoms with van der Waals surface area (Å²) in [5, 5.41) is 0. The van der Waals surface area contributed by atoms with Crippen molar-refractivity contribution in [3.8, 4) is 11.1 Å². The number of benzene rings is 2. The predicted octanol–water partition coefficient (Wildman–Crippen LogP) is 4.06. The number of esters is 1. The first-order valence-electron chi connectivity index (χ1n) is 11.0. The first-order chi connectivity index (χ1) is 15.5. The zero-order chi connectivity index (χ0) is 24.3. The summed E-state index contributed by atoms with van der Waals surface area (Å²) < 4.78 is 11.0. The van der Waals surface area contributed by atoms with Crippen molar-refractivity contribution in [2.45, 2.75) is 44.8 Å². The zero-order valence-electron chi connectivity index (χ0n) is 20.1. The molecular weight excluding hydrogens is 420 g/mol. The van der Waals surface area contributed by atoms with Gasteiger partial charge in [0, 0.05) is 27.1 Å². The Morgan fingerprint density at radius 3 is 1.91 bits per heavy atom. The summed E-state index contributed by atoms with van der Waals surface area (Å²) in [6.45, 7) is 5.39. The number of nitrogens with zero attached hydrogens (tertiary/aromatic N) is 2. The van der Waals surface area contributed by atoms with E-state index in [0.717, 1.165) is 22.3 Å². The molecule has 2 aromatic rings. The molecule has 0 aromatic heterocycles. The van der Waals surface area contributed by atoms with Gasteiger partial charge in [-0.25, -0.2) is 4.79 Å². The Kier molecular flexibility index (Phi) is 7.10. The number of fused-ring (bicyclic) bond motifs is 3. The number of carbonyl (C=O) groups is 3. The number of likely N-dealkylation sites (N-methyl/N-ethyl adjacent to an activating group) is 2. The summed E-state index contributed by atoms with van der Waals surface area (Å²) in [7, 11) is 4.63. The highest BCUT2D eigenvalue weighted by Gasteiger charge is 2.34. The highest BCUT2D eigenvalue weighted by atomic mass is 16.6. The molecule has 33 heavy (non-hydrogen) atoms. The fourth-order valence-corrected chi connectivity index (χ4v) is 4.05. The molecule has 0 bridgehead atoms. The summed E-state index contributed by atoms with van der Waals surface area (Å²) in [4.78, 5) is 40.6. The maximum atomic E-state index is 12.9. The second-order valence-corrected chi connectivity index (χ2v) is 9.45. The number of ether oxygens (including phenoxy) is 2. The fourth-order valence-electron chi connectivity index (χ4n) is 4.05. The van der Waals surface area contributed by atoms with Crippen LogP contribution in [0, 0.1) is 0 Å². The predicted molar refractivity (Wildman–Crippen MR) is 126 cm³/mol. The van der Waals surface area contributed by atoms with Gasteiger partial charge in [-0.3, -0.25) is 14.5 Å². The lowest BCUT2D eigenvalue weighted by Gasteiger charge is -2.29. The Balaban J connectivity index is 1.74. The summed E-state index contributed by atoms with van der Waals surface area (Å²) in [6, 6.07) is 15.1. The molecule has 1 unspecified atom stereocenters. The molecule has 1 aliphatic carbocycles. The Bertz CT molecular complexity index is 995. The third-order valence-corrected chi connectivity index (χ3v) is 5.60. The number of amides is 2. The Hall–Kier alpha value is -3.35. The van der Waals surface area contributed by atoms with Crippen molar-refractivity contribution in [2.24, 2.45) is 0 Å². The van der Waals surface area contributed by atoms with Gasteiger partial charge >= 0.3 is 12.1 Å². The minimum Gasteiger partial charge on any atom is -0.460 e. The van der Waals surface area contributed by atoms with E-state index in [1.807, 2.05) is 36.4 Å². The van der Waals surface area contributed by atoms with Gasteiger partial charge < -0.3 is 14.4 Å². The zero-order valence-corrected chi connectivity index (χ0v) is 20.1. The molecule has 3 rings (SSSR count). The van der Waals surface area contributed by atoms with Gasteiger partial charge in [0.25, 0.3) is 0 Å². The van der Waals surface area contributed by atoms with Crippen LogP contribution in [0.25, 0.3) is 11.1 Å². The molecule has 0 spiro atoms. The second-order valence-electron chi connectivity index (χ2n) is 9.45. The van der Waals surface area contributed by atoms with Gasteiger partial charge in [-0.05, 0) is 43.0 Å². The third kappa shape index (κ3) is 5.53. The fraction of sp³-hybridized carbons (Fsp3) is 0.423. The number of hydrogen-bond donors (Lipinski definition) is 0. The molecule has 1 aliphatic rings. The van der Waals surface area contributed by atoms with Crippen molar-refractivity contribution in [2.75, 3.05) is 27.7 Å². The minimum atomic E-state index is -1.02. The second kappa shape index (κ2) is 9.65. The van der Waals surface area contributed by atoms with Crippen LogP contribution < -0.4 is 0 Å². The molecule has 0 N–H and O–H groups in total. The van der Waals surface area contributed by atoms with E-state index >= 15 is 0 Å². The van der Waals surface area contributed by atoms with Crippen molar-refractivity contribution >= 4 is 18.0 Å². The monoisotopic (exact) mass is 452 g/mol. The van der Waals surface area contributed by atoms with Crippen LogP contribution in [0.4, 0.5) is 4.79 Å². The quantitative estimate of drug-likeness (QED) is 0.618. The lowest BCUT2D eigenvalue weighted by molar-refractivity contribution is -0.158. The SMILES string of the molecule is CN(C)C(=O)C(CC(=O)OC(C)(C)C)N(C)C(=O)OCC1c2ccccc2-c2ccccc21. The Morgan fingerprint density at radius 2 is 1.42 bits per heavy atom. The van der Waals surface area contributed by atoms with Gasteiger partial charge in [-0.1, -0.05) is 48.5 Å². The van der Waals surface area contributed by atoms with E-state index in [4.69, 9.17) is 9.47 Å². The molecule has 0 saturated carbocycles. The summed E-state index contributed by atoms with van der Waals surface area (Å²) >= 11 is 0. The van der Waals surface area contributed by atoms with Gasteiger partial charge in [0.05, 0.1) is 6.42 Å². The van der Waals surface area contributed by atoms with Crippen LogP contribution in [0.5, 0.6) is 0 Å². The maximum Gasteiger partial charge on any atom is 0.410 e. The number of hydrogen-bond acceptors (Lipinski definition) is 5. The smallest absolute Gasteiger partial charge is 0.410 e. The van der Waals surface area contributed by atoms with Crippen LogP contribution in [0.2, 0.25) is 0 Å². The van der Waals surface area contributed by atoms with Crippen molar-refractivity contribution < 1.29 is 23.9 Å².